The van der Waals surface area contributed by atoms with Crippen LogP contribution in [0.5, 0.6) is 0 Å². The Labute approximate surface area is 147 Å². The topological polar surface area (TPSA) is 20.3 Å². The quantitative estimate of drug-likeness (QED) is 0.565. The van der Waals surface area contributed by atoms with Gasteiger partial charge >= 0.3 is 0 Å². The van der Waals surface area contributed by atoms with Gasteiger partial charge in [0.1, 0.15) is 0 Å². The summed E-state index contributed by atoms with van der Waals surface area (Å²) in [4.78, 5) is 14.6. The second-order valence-electron chi connectivity index (χ2n) is 5.74. The molecule has 2 nitrogen and oxygen atoms in total. The van der Waals surface area contributed by atoms with Gasteiger partial charge in [-0.05, 0) is 52.2 Å². The average molecular weight is 333 g/mol. The normalized spacial score (nSPS) is 10.4. The lowest BCUT2D eigenvalue weighted by molar-refractivity contribution is 0.241. The summed E-state index contributed by atoms with van der Waals surface area (Å²) in [5.41, 5.74) is 4.53. The number of hydrogen-bond donors (Lipinski definition) is 0. The van der Waals surface area contributed by atoms with Crippen LogP contribution in [0.25, 0.3) is 22.3 Å². The third kappa shape index (κ3) is 3.87. The summed E-state index contributed by atoms with van der Waals surface area (Å²) < 4.78 is 0. The monoisotopic (exact) mass is 333 g/mol. The second-order valence-corrected chi connectivity index (χ2v) is 6.77. The van der Waals surface area contributed by atoms with Crippen LogP contribution < -0.4 is 0 Å². The Hall–Kier alpha value is -2.52. The summed E-state index contributed by atoms with van der Waals surface area (Å²) in [6.07, 6.45) is 0. The highest BCUT2D eigenvalue weighted by Crippen LogP contribution is 2.33. The SMILES string of the molecule is CN(C)C(=O)Sc1cc(-c2ccccc2)cc(-c2ccccc2)c1. The Bertz CT molecular complexity index is 771. The summed E-state index contributed by atoms with van der Waals surface area (Å²) in [6.45, 7) is 0. The first-order valence-electron chi connectivity index (χ1n) is 7.78. The molecule has 120 valence electrons. The summed E-state index contributed by atoms with van der Waals surface area (Å²) >= 11 is 1.26. The Balaban J connectivity index is 2.07. The van der Waals surface area contributed by atoms with E-state index in [1.165, 1.54) is 11.8 Å². The van der Waals surface area contributed by atoms with Gasteiger partial charge in [-0.2, -0.15) is 0 Å². The summed E-state index contributed by atoms with van der Waals surface area (Å²) in [7, 11) is 3.54. The van der Waals surface area contributed by atoms with Crippen LogP contribution in [0.4, 0.5) is 4.79 Å². The van der Waals surface area contributed by atoms with Gasteiger partial charge in [-0.25, -0.2) is 0 Å². The Kier molecular flexibility index (Phi) is 5.02. The fraction of sp³-hybridized carbons (Fsp3) is 0.0952. The van der Waals surface area contributed by atoms with Crippen molar-refractivity contribution in [2.75, 3.05) is 14.1 Å². The van der Waals surface area contributed by atoms with E-state index in [0.717, 1.165) is 27.1 Å². The fourth-order valence-corrected chi connectivity index (χ4v) is 3.20. The van der Waals surface area contributed by atoms with E-state index >= 15 is 0 Å². The number of amides is 1. The summed E-state index contributed by atoms with van der Waals surface area (Å²) in [5.74, 6) is 0. The van der Waals surface area contributed by atoms with Crippen LogP contribution in [0, 0.1) is 0 Å². The number of thioether (sulfide) groups is 1. The third-order valence-corrected chi connectivity index (χ3v) is 4.70. The third-order valence-electron chi connectivity index (χ3n) is 3.69. The van der Waals surface area contributed by atoms with Crippen molar-refractivity contribution in [2.45, 2.75) is 4.90 Å². The fourth-order valence-electron chi connectivity index (χ4n) is 2.44. The molecule has 0 unspecified atom stereocenters. The minimum Gasteiger partial charge on any atom is -0.339 e. The molecular formula is C21H19NOS. The Morgan fingerprint density at radius 1 is 0.708 bits per heavy atom. The van der Waals surface area contributed by atoms with E-state index < -0.39 is 0 Å². The highest BCUT2D eigenvalue weighted by molar-refractivity contribution is 8.13. The van der Waals surface area contributed by atoms with E-state index in [-0.39, 0.29) is 5.24 Å². The maximum Gasteiger partial charge on any atom is 0.285 e. The molecule has 0 aromatic heterocycles. The van der Waals surface area contributed by atoms with E-state index in [9.17, 15) is 4.79 Å². The molecule has 0 saturated heterocycles. The van der Waals surface area contributed by atoms with Crippen molar-refractivity contribution in [3.63, 3.8) is 0 Å². The molecule has 0 atom stereocenters. The lowest BCUT2D eigenvalue weighted by Crippen LogP contribution is -2.16. The minimum atomic E-state index is 0.0271. The number of carbonyl (C=O) groups is 1. The Morgan fingerprint density at radius 2 is 1.17 bits per heavy atom. The minimum absolute atomic E-state index is 0.0271. The molecule has 0 spiro atoms. The molecule has 0 heterocycles. The van der Waals surface area contributed by atoms with Crippen molar-refractivity contribution in [1.82, 2.24) is 4.90 Å². The predicted octanol–water partition coefficient (Wildman–Crippen LogP) is 5.79. The second kappa shape index (κ2) is 7.37. The van der Waals surface area contributed by atoms with Crippen LogP contribution in [-0.4, -0.2) is 24.2 Å². The van der Waals surface area contributed by atoms with Gasteiger partial charge < -0.3 is 4.90 Å². The van der Waals surface area contributed by atoms with Gasteiger partial charge in [0, 0.05) is 19.0 Å². The van der Waals surface area contributed by atoms with Gasteiger partial charge in [0.25, 0.3) is 5.24 Å². The number of nitrogens with zero attached hydrogens (tertiary/aromatic N) is 1. The van der Waals surface area contributed by atoms with Gasteiger partial charge in [-0.3, -0.25) is 4.79 Å². The van der Waals surface area contributed by atoms with E-state index in [2.05, 4.69) is 42.5 Å². The molecule has 3 aromatic rings. The predicted molar refractivity (Wildman–Crippen MR) is 102 cm³/mol. The lowest BCUT2D eigenvalue weighted by Gasteiger charge is -2.12. The first kappa shape index (κ1) is 16.3. The van der Waals surface area contributed by atoms with Crippen LogP contribution in [0.3, 0.4) is 0 Å². The average Bonchev–Trinajstić information content (AvgIpc) is 2.63. The molecule has 3 heteroatoms. The first-order valence-corrected chi connectivity index (χ1v) is 8.60. The first-order chi connectivity index (χ1) is 11.6. The molecule has 0 aliphatic heterocycles. The van der Waals surface area contributed by atoms with E-state index in [0.29, 0.717) is 0 Å². The molecule has 0 fully saturated rings. The number of carbonyl (C=O) groups excluding carboxylic acids is 1. The van der Waals surface area contributed by atoms with Gasteiger partial charge in [0.2, 0.25) is 0 Å². The molecule has 0 N–H and O–H groups in total. The van der Waals surface area contributed by atoms with Crippen LogP contribution in [0.15, 0.2) is 83.8 Å². The van der Waals surface area contributed by atoms with Crippen LogP contribution >= 0.6 is 11.8 Å². The smallest absolute Gasteiger partial charge is 0.285 e. The largest absolute Gasteiger partial charge is 0.339 e. The molecule has 0 radical (unpaired) electrons. The van der Waals surface area contributed by atoms with Crippen molar-refractivity contribution < 1.29 is 4.79 Å². The van der Waals surface area contributed by atoms with Crippen molar-refractivity contribution in [1.29, 1.82) is 0 Å². The molecule has 0 aliphatic carbocycles. The van der Waals surface area contributed by atoms with Crippen molar-refractivity contribution in [2.24, 2.45) is 0 Å². The van der Waals surface area contributed by atoms with E-state index in [1.54, 1.807) is 19.0 Å². The van der Waals surface area contributed by atoms with Crippen LogP contribution in [0.2, 0.25) is 0 Å². The summed E-state index contributed by atoms with van der Waals surface area (Å²) in [5, 5.41) is 0.0271. The van der Waals surface area contributed by atoms with Gasteiger partial charge in [-0.15, -0.1) is 0 Å². The molecule has 0 saturated carbocycles. The zero-order valence-corrected chi connectivity index (χ0v) is 14.6. The van der Waals surface area contributed by atoms with Crippen molar-refractivity contribution in [3.05, 3.63) is 78.9 Å². The number of rotatable bonds is 3. The van der Waals surface area contributed by atoms with E-state index in [1.807, 2.05) is 36.4 Å². The Morgan fingerprint density at radius 3 is 1.58 bits per heavy atom. The molecule has 3 rings (SSSR count). The molecule has 3 aromatic carbocycles. The molecule has 0 aliphatic rings. The zero-order chi connectivity index (χ0) is 16.9. The van der Waals surface area contributed by atoms with Crippen LogP contribution in [-0.2, 0) is 0 Å². The van der Waals surface area contributed by atoms with Crippen molar-refractivity contribution in [3.8, 4) is 22.3 Å². The van der Waals surface area contributed by atoms with Crippen molar-refractivity contribution >= 4 is 17.0 Å². The standard InChI is InChI=1S/C21H19NOS/c1-22(2)21(23)24-20-14-18(16-9-5-3-6-10-16)13-19(15-20)17-11-7-4-8-12-17/h3-15H,1-2H3. The molecule has 24 heavy (non-hydrogen) atoms. The van der Waals surface area contributed by atoms with Gasteiger partial charge in [0.05, 0.1) is 0 Å². The van der Waals surface area contributed by atoms with Gasteiger partial charge in [-0.1, -0.05) is 60.7 Å². The maximum absolute atomic E-state index is 12.1. The van der Waals surface area contributed by atoms with Crippen LogP contribution in [0.1, 0.15) is 0 Å². The zero-order valence-electron chi connectivity index (χ0n) is 13.8. The maximum atomic E-state index is 12.1. The molecule has 0 bridgehead atoms. The summed E-state index contributed by atoms with van der Waals surface area (Å²) in [6, 6.07) is 26.8. The highest BCUT2D eigenvalue weighted by atomic mass is 32.2. The molecule has 1 amide bonds. The van der Waals surface area contributed by atoms with E-state index in [4.69, 9.17) is 0 Å². The lowest BCUT2D eigenvalue weighted by atomic mass is 9.99. The number of hydrogen-bond acceptors (Lipinski definition) is 2. The highest BCUT2D eigenvalue weighted by Gasteiger charge is 2.10. The van der Waals surface area contributed by atoms with Gasteiger partial charge in [0.15, 0.2) is 0 Å². The molecular weight excluding hydrogens is 314 g/mol. The number of benzene rings is 3.